The molecule has 0 unspecified atom stereocenters. The van der Waals surface area contributed by atoms with E-state index < -0.39 is 7.12 Å². The molecule has 2 N–H and O–H groups in total. The van der Waals surface area contributed by atoms with E-state index in [2.05, 4.69) is 10.3 Å². The molecule has 0 aliphatic rings. The predicted octanol–water partition coefficient (Wildman–Crippen LogP) is 0.735. The van der Waals surface area contributed by atoms with Gasteiger partial charge in [0.15, 0.2) is 0 Å². The van der Waals surface area contributed by atoms with Crippen molar-refractivity contribution in [3.8, 4) is 11.3 Å². The molecule has 100 valence electrons. The predicted molar refractivity (Wildman–Crippen MR) is 78.7 cm³/mol. The fraction of sp³-hybridized carbons (Fsp3) is 0.0769. The van der Waals surface area contributed by atoms with Crippen molar-refractivity contribution in [2.24, 2.45) is 0 Å². The average Bonchev–Trinajstić information content (AvgIpc) is 3.09. The van der Waals surface area contributed by atoms with E-state index in [1.54, 1.807) is 28.2 Å². The van der Waals surface area contributed by atoms with Gasteiger partial charge in [0, 0.05) is 10.9 Å². The lowest BCUT2D eigenvalue weighted by atomic mass is 9.80. The monoisotopic (exact) mass is 285 g/mol. The Morgan fingerprint density at radius 2 is 1.95 bits per heavy atom. The Balaban J connectivity index is 1.75. The average molecular weight is 285 g/mol. The lowest BCUT2D eigenvalue weighted by Gasteiger charge is -2.03. The van der Waals surface area contributed by atoms with Crippen LogP contribution >= 0.6 is 11.3 Å². The Morgan fingerprint density at radius 1 is 1.15 bits per heavy atom. The van der Waals surface area contributed by atoms with Gasteiger partial charge in [-0.3, -0.25) is 0 Å². The molecule has 0 radical (unpaired) electrons. The molecule has 0 spiro atoms. The number of hydrogen-bond acceptors (Lipinski definition) is 5. The highest BCUT2D eigenvalue weighted by Crippen LogP contribution is 2.19. The Morgan fingerprint density at radius 3 is 2.60 bits per heavy atom. The smallest absolute Gasteiger partial charge is 0.423 e. The Labute approximate surface area is 120 Å². The van der Waals surface area contributed by atoms with E-state index in [1.807, 2.05) is 35.2 Å². The van der Waals surface area contributed by atoms with Gasteiger partial charge in [-0.1, -0.05) is 29.5 Å². The van der Waals surface area contributed by atoms with Crippen LogP contribution in [0.25, 0.3) is 11.3 Å². The standard InChI is InChI=1S/C13H12BN3O2S/c18-14(19)12-3-1-10(2-4-12)7-17-8-13(15-16-17)11-5-6-20-9-11/h1-6,8-9,18-19H,7H2. The maximum Gasteiger partial charge on any atom is 0.488 e. The van der Waals surface area contributed by atoms with Crippen LogP contribution in [-0.4, -0.2) is 32.2 Å². The largest absolute Gasteiger partial charge is 0.488 e. The molecule has 0 aliphatic carbocycles. The van der Waals surface area contributed by atoms with Gasteiger partial charge >= 0.3 is 7.12 Å². The zero-order valence-corrected chi connectivity index (χ0v) is 11.4. The van der Waals surface area contributed by atoms with Crippen molar-refractivity contribution in [2.75, 3.05) is 0 Å². The van der Waals surface area contributed by atoms with Gasteiger partial charge in [0.2, 0.25) is 0 Å². The summed E-state index contributed by atoms with van der Waals surface area (Å²) in [5.74, 6) is 0. The quantitative estimate of drug-likeness (QED) is 0.693. The van der Waals surface area contributed by atoms with E-state index in [9.17, 15) is 0 Å². The van der Waals surface area contributed by atoms with Crippen LogP contribution in [0.3, 0.4) is 0 Å². The number of nitrogens with zero attached hydrogens (tertiary/aromatic N) is 3. The van der Waals surface area contributed by atoms with Crippen molar-refractivity contribution in [1.82, 2.24) is 15.0 Å². The van der Waals surface area contributed by atoms with Gasteiger partial charge in [0.1, 0.15) is 5.69 Å². The van der Waals surface area contributed by atoms with Gasteiger partial charge in [0.25, 0.3) is 0 Å². The number of benzene rings is 1. The first-order valence-electron chi connectivity index (χ1n) is 6.10. The van der Waals surface area contributed by atoms with Crippen molar-refractivity contribution >= 4 is 23.9 Å². The first-order valence-corrected chi connectivity index (χ1v) is 7.04. The molecule has 0 saturated heterocycles. The molecule has 0 amide bonds. The minimum atomic E-state index is -1.43. The third-order valence-electron chi connectivity index (χ3n) is 2.98. The van der Waals surface area contributed by atoms with Gasteiger partial charge in [-0.2, -0.15) is 11.3 Å². The van der Waals surface area contributed by atoms with Crippen LogP contribution in [0.1, 0.15) is 5.56 Å². The highest BCUT2D eigenvalue weighted by atomic mass is 32.1. The topological polar surface area (TPSA) is 71.2 Å². The van der Waals surface area contributed by atoms with Crippen molar-refractivity contribution in [3.05, 3.63) is 52.9 Å². The summed E-state index contributed by atoms with van der Waals surface area (Å²) in [6.07, 6.45) is 1.90. The second kappa shape index (κ2) is 5.58. The van der Waals surface area contributed by atoms with Gasteiger partial charge in [-0.05, 0) is 22.5 Å². The molecule has 0 aliphatic heterocycles. The summed E-state index contributed by atoms with van der Waals surface area (Å²) in [6.45, 7) is 0.596. The van der Waals surface area contributed by atoms with Crippen LogP contribution in [0.15, 0.2) is 47.3 Å². The molecule has 0 bridgehead atoms. The normalized spacial score (nSPS) is 10.7. The summed E-state index contributed by atoms with van der Waals surface area (Å²) in [6, 6.07) is 9.09. The molecule has 0 saturated carbocycles. The van der Waals surface area contributed by atoms with E-state index in [0.29, 0.717) is 12.0 Å². The van der Waals surface area contributed by atoms with E-state index in [0.717, 1.165) is 16.8 Å². The molecule has 2 aromatic heterocycles. The van der Waals surface area contributed by atoms with Crippen LogP contribution in [0.5, 0.6) is 0 Å². The van der Waals surface area contributed by atoms with Gasteiger partial charge in [0.05, 0.1) is 12.7 Å². The van der Waals surface area contributed by atoms with E-state index >= 15 is 0 Å². The first kappa shape index (κ1) is 13.0. The molecular weight excluding hydrogens is 273 g/mol. The molecule has 0 atom stereocenters. The SMILES string of the molecule is OB(O)c1ccc(Cn2cc(-c3ccsc3)nn2)cc1. The van der Waals surface area contributed by atoms with Crippen molar-refractivity contribution < 1.29 is 10.0 Å². The molecule has 0 fully saturated rings. The molecule has 1 aromatic carbocycles. The maximum absolute atomic E-state index is 9.04. The summed E-state index contributed by atoms with van der Waals surface area (Å²) < 4.78 is 1.76. The number of rotatable bonds is 4. The lowest BCUT2D eigenvalue weighted by molar-refractivity contribution is 0.426. The molecular formula is C13H12BN3O2S. The summed E-state index contributed by atoms with van der Waals surface area (Å²) in [5.41, 5.74) is 3.43. The van der Waals surface area contributed by atoms with Crippen LogP contribution in [0, 0.1) is 0 Å². The Bertz CT molecular complexity index is 680. The second-order valence-electron chi connectivity index (χ2n) is 4.43. The van der Waals surface area contributed by atoms with E-state index in [4.69, 9.17) is 10.0 Å². The fourth-order valence-corrected chi connectivity index (χ4v) is 2.55. The zero-order chi connectivity index (χ0) is 13.9. The third kappa shape index (κ3) is 2.80. The summed E-state index contributed by atoms with van der Waals surface area (Å²) in [5, 5.41) is 30.4. The Hall–Kier alpha value is -1.96. The zero-order valence-electron chi connectivity index (χ0n) is 10.5. The number of aromatic nitrogens is 3. The fourth-order valence-electron chi connectivity index (χ4n) is 1.90. The lowest BCUT2D eigenvalue weighted by Crippen LogP contribution is -2.29. The third-order valence-corrected chi connectivity index (χ3v) is 3.66. The maximum atomic E-state index is 9.04. The summed E-state index contributed by atoms with van der Waals surface area (Å²) in [4.78, 5) is 0. The Kier molecular flexibility index (Phi) is 3.64. The number of thiophene rings is 1. The minimum absolute atomic E-state index is 0.478. The summed E-state index contributed by atoms with van der Waals surface area (Å²) in [7, 11) is -1.43. The molecule has 5 nitrogen and oxygen atoms in total. The van der Waals surface area contributed by atoms with Crippen LogP contribution < -0.4 is 5.46 Å². The summed E-state index contributed by atoms with van der Waals surface area (Å²) >= 11 is 1.63. The highest BCUT2D eigenvalue weighted by Gasteiger charge is 2.10. The van der Waals surface area contributed by atoms with Crippen LogP contribution in [-0.2, 0) is 6.54 Å². The van der Waals surface area contributed by atoms with E-state index in [1.165, 1.54) is 0 Å². The van der Waals surface area contributed by atoms with Crippen molar-refractivity contribution in [3.63, 3.8) is 0 Å². The molecule has 20 heavy (non-hydrogen) atoms. The van der Waals surface area contributed by atoms with Gasteiger partial charge < -0.3 is 10.0 Å². The van der Waals surface area contributed by atoms with E-state index in [-0.39, 0.29) is 0 Å². The first-order chi connectivity index (χ1) is 9.72. The minimum Gasteiger partial charge on any atom is -0.423 e. The highest BCUT2D eigenvalue weighted by molar-refractivity contribution is 7.08. The van der Waals surface area contributed by atoms with Crippen LogP contribution in [0.2, 0.25) is 0 Å². The van der Waals surface area contributed by atoms with Crippen molar-refractivity contribution in [1.29, 1.82) is 0 Å². The number of hydrogen-bond donors (Lipinski definition) is 2. The molecule has 3 aromatic rings. The van der Waals surface area contributed by atoms with Gasteiger partial charge in [-0.25, -0.2) is 4.68 Å². The molecule has 7 heteroatoms. The molecule has 3 rings (SSSR count). The molecule has 2 heterocycles. The van der Waals surface area contributed by atoms with Gasteiger partial charge in [-0.15, -0.1) is 5.10 Å². The second-order valence-corrected chi connectivity index (χ2v) is 5.21. The van der Waals surface area contributed by atoms with Crippen molar-refractivity contribution in [2.45, 2.75) is 6.54 Å². The van der Waals surface area contributed by atoms with Crippen LogP contribution in [0.4, 0.5) is 0 Å².